The van der Waals surface area contributed by atoms with Gasteiger partial charge in [0.1, 0.15) is 0 Å². The van der Waals surface area contributed by atoms with Gasteiger partial charge < -0.3 is 10.00 Å². The van der Waals surface area contributed by atoms with E-state index in [1.54, 1.807) is 6.08 Å². The smallest absolute Gasteiger partial charge is 0.196 e. The molecule has 3 atom stereocenters. The SMILES string of the molecule is CCCC(C1=CC(O)CC1)[PH](=O)O. The van der Waals surface area contributed by atoms with Gasteiger partial charge in [0.25, 0.3) is 0 Å². The van der Waals surface area contributed by atoms with Crippen LogP contribution in [0.15, 0.2) is 11.6 Å². The van der Waals surface area contributed by atoms with Gasteiger partial charge in [-0.05, 0) is 19.3 Å². The van der Waals surface area contributed by atoms with E-state index in [0.717, 1.165) is 24.8 Å². The third-order valence-corrected chi connectivity index (χ3v) is 3.71. The summed E-state index contributed by atoms with van der Waals surface area (Å²) in [6.07, 6.45) is 4.52. The molecule has 0 spiro atoms. The van der Waals surface area contributed by atoms with E-state index in [9.17, 15) is 9.67 Å². The van der Waals surface area contributed by atoms with Gasteiger partial charge in [-0.3, -0.25) is 4.57 Å². The molecular formula is C9H17O3P. The van der Waals surface area contributed by atoms with Crippen molar-refractivity contribution in [3.63, 3.8) is 0 Å². The summed E-state index contributed by atoms with van der Waals surface area (Å²) in [5.74, 6) is 0. The molecule has 0 saturated carbocycles. The lowest BCUT2D eigenvalue weighted by molar-refractivity contribution is 0.223. The Morgan fingerprint density at radius 3 is 2.85 bits per heavy atom. The monoisotopic (exact) mass is 204 g/mol. The summed E-state index contributed by atoms with van der Waals surface area (Å²) in [4.78, 5) is 9.11. The van der Waals surface area contributed by atoms with E-state index in [4.69, 9.17) is 4.89 Å². The maximum absolute atomic E-state index is 11.0. The maximum atomic E-state index is 11.0. The Morgan fingerprint density at radius 2 is 2.46 bits per heavy atom. The first-order valence-corrected chi connectivity index (χ1v) is 6.20. The van der Waals surface area contributed by atoms with Crippen molar-refractivity contribution in [2.45, 2.75) is 44.4 Å². The Balaban J connectivity index is 2.65. The molecule has 1 aliphatic carbocycles. The van der Waals surface area contributed by atoms with Crippen LogP contribution in [-0.4, -0.2) is 21.8 Å². The number of aliphatic hydroxyl groups excluding tert-OH is 1. The summed E-state index contributed by atoms with van der Waals surface area (Å²) < 4.78 is 11.0. The topological polar surface area (TPSA) is 57.5 Å². The zero-order chi connectivity index (χ0) is 9.84. The summed E-state index contributed by atoms with van der Waals surface area (Å²) in [6.45, 7) is 2.00. The molecule has 2 N–H and O–H groups in total. The van der Waals surface area contributed by atoms with E-state index >= 15 is 0 Å². The molecule has 3 nitrogen and oxygen atoms in total. The first kappa shape index (κ1) is 11.0. The fourth-order valence-corrected chi connectivity index (χ4v) is 2.87. The van der Waals surface area contributed by atoms with Gasteiger partial charge in [0, 0.05) is 0 Å². The highest BCUT2D eigenvalue weighted by molar-refractivity contribution is 7.39. The predicted octanol–water partition coefficient (Wildman–Crippen LogP) is 1.70. The van der Waals surface area contributed by atoms with Gasteiger partial charge in [0.2, 0.25) is 0 Å². The average molecular weight is 204 g/mol. The normalized spacial score (nSPS) is 27.0. The lowest BCUT2D eigenvalue weighted by atomic mass is 10.1. The molecule has 0 radical (unpaired) electrons. The molecule has 3 unspecified atom stereocenters. The summed E-state index contributed by atoms with van der Waals surface area (Å²) in [5, 5.41) is 9.25. The second kappa shape index (κ2) is 4.94. The van der Waals surface area contributed by atoms with Crippen LogP contribution < -0.4 is 0 Å². The van der Waals surface area contributed by atoms with Gasteiger partial charge in [-0.15, -0.1) is 0 Å². The number of allylic oxidation sites excluding steroid dienone is 1. The van der Waals surface area contributed by atoms with Crippen LogP contribution in [0.1, 0.15) is 32.6 Å². The first-order chi connectivity index (χ1) is 6.15. The van der Waals surface area contributed by atoms with E-state index in [1.807, 2.05) is 6.92 Å². The highest BCUT2D eigenvalue weighted by atomic mass is 31.1. The van der Waals surface area contributed by atoms with Gasteiger partial charge >= 0.3 is 0 Å². The number of aliphatic hydroxyl groups is 1. The zero-order valence-electron chi connectivity index (χ0n) is 7.86. The van der Waals surface area contributed by atoms with Crippen molar-refractivity contribution >= 4 is 8.03 Å². The molecule has 0 fully saturated rings. The van der Waals surface area contributed by atoms with Crippen molar-refractivity contribution in [3.8, 4) is 0 Å². The first-order valence-electron chi connectivity index (χ1n) is 4.76. The molecule has 0 amide bonds. The minimum absolute atomic E-state index is 0.188. The van der Waals surface area contributed by atoms with E-state index in [1.165, 1.54) is 0 Å². The van der Waals surface area contributed by atoms with Crippen LogP contribution in [-0.2, 0) is 4.57 Å². The number of rotatable bonds is 4. The molecule has 0 aromatic heterocycles. The number of hydrogen-bond acceptors (Lipinski definition) is 2. The Kier molecular flexibility index (Phi) is 4.17. The summed E-state index contributed by atoms with van der Waals surface area (Å²) in [6, 6.07) is 0. The Bertz CT molecular complexity index is 225. The van der Waals surface area contributed by atoms with Crippen molar-refractivity contribution in [3.05, 3.63) is 11.6 Å². The van der Waals surface area contributed by atoms with Crippen LogP contribution >= 0.6 is 8.03 Å². The van der Waals surface area contributed by atoms with Crippen LogP contribution in [0.3, 0.4) is 0 Å². The second-order valence-corrected chi connectivity index (χ2v) is 4.90. The Hall–Kier alpha value is -0.110. The number of hydrogen-bond donors (Lipinski definition) is 2. The molecule has 13 heavy (non-hydrogen) atoms. The van der Waals surface area contributed by atoms with Crippen LogP contribution in [0.5, 0.6) is 0 Å². The molecule has 0 aromatic carbocycles. The molecule has 0 aliphatic heterocycles. The van der Waals surface area contributed by atoms with Crippen LogP contribution in [0, 0.1) is 0 Å². The fourth-order valence-electron chi connectivity index (χ4n) is 1.77. The van der Waals surface area contributed by atoms with Crippen molar-refractivity contribution < 1.29 is 14.6 Å². The standard InChI is InChI=1S/C9H17O3P/c1-2-3-9(13(11)12)7-4-5-8(10)6-7/h6,8-10,13H,2-5H2,1H3,(H,11,12). The molecule has 1 rings (SSSR count). The van der Waals surface area contributed by atoms with Gasteiger partial charge in [-0.25, -0.2) is 0 Å². The summed E-state index contributed by atoms with van der Waals surface area (Å²) in [5.41, 5.74) is 0.799. The fraction of sp³-hybridized carbons (Fsp3) is 0.778. The van der Waals surface area contributed by atoms with Crippen LogP contribution in [0.4, 0.5) is 0 Å². The Labute approximate surface area is 79.3 Å². The highest BCUT2D eigenvalue weighted by Crippen LogP contribution is 2.37. The quantitative estimate of drug-likeness (QED) is 0.541. The highest BCUT2D eigenvalue weighted by Gasteiger charge is 2.23. The van der Waals surface area contributed by atoms with Crippen molar-refractivity contribution in [2.24, 2.45) is 0 Å². The molecule has 1 aliphatic rings. The predicted molar refractivity (Wildman–Crippen MR) is 53.2 cm³/mol. The van der Waals surface area contributed by atoms with Gasteiger partial charge in [-0.2, -0.15) is 0 Å². The molecule has 0 heterocycles. The third kappa shape index (κ3) is 2.94. The minimum Gasteiger partial charge on any atom is -0.389 e. The maximum Gasteiger partial charge on any atom is 0.196 e. The van der Waals surface area contributed by atoms with Crippen molar-refractivity contribution in [2.75, 3.05) is 0 Å². The molecule has 4 heteroatoms. The molecular weight excluding hydrogens is 187 g/mol. The summed E-state index contributed by atoms with van der Waals surface area (Å²) >= 11 is 0. The van der Waals surface area contributed by atoms with Crippen LogP contribution in [0.2, 0.25) is 0 Å². The van der Waals surface area contributed by atoms with Gasteiger partial charge in [0.05, 0.1) is 11.8 Å². The van der Waals surface area contributed by atoms with Gasteiger partial charge in [0.15, 0.2) is 8.03 Å². The second-order valence-electron chi connectivity index (χ2n) is 3.53. The Morgan fingerprint density at radius 1 is 1.77 bits per heavy atom. The average Bonchev–Trinajstić information content (AvgIpc) is 2.46. The van der Waals surface area contributed by atoms with E-state index in [2.05, 4.69) is 0 Å². The van der Waals surface area contributed by atoms with E-state index in [0.29, 0.717) is 6.42 Å². The lowest BCUT2D eigenvalue weighted by Gasteiger charge is -2.13. The summed E-state index contributed by atoms with van der Waals surface area (Å²) in [7, 11) is -2.47. The zero-order valence-corrected chi connectivity index (χ0v) is 8.86. The van der Waals surface area contributed by atoms with Crippen molar-refractivity contribution in [1.82, 2.24) is 0 Å². The third-order valence-electron chi connectivity index (χ3n) is 2.46. The molecule has 76 valence electrons. The minimum atomic E-state index is -2.47. The van der Waals surface area contributed by atoms with Crippen molar-refractivity contribution in [1.29, 1.82) is 0 Å². The molecule has 0 bridgehead atoms. The van der Waals surface area contributed by atoms with Crippen LogP contribution in [0.25, 0.3) is 0 Å². The largest absolute Gasteiger partial charge is 0.389 e. The van der Waals surface area contributed by atoms with E-state index < -0.39 is 14.1 Å². The molecule has 0 saturated heterocycles. The van der Waals surface area contributed by atoms with E-state index in [-0.39, 0.29) is 5.66 Å². The lowest BCUT2D eigenvalue weighted by Crippen LogP contribution is -2.04. The molecule has 0 aromatic rings. The van der Waals surface area contributed by atoms with Gasteiger partial charge in [-0.1, -0.05) is 25.0 Å².